The van der Waals surface area contributed by atoms with Gasteiger partial charge in [0, 0.05) is 44.5 Å². The molecular formula is C30H32N4O3. The molecule has 0 spiro atoms. The molecule has 0 saturated carbocycles. The van der Waals surface area contributed by atoms with Crippen molar-refractivity contribution in [2.24, 2.45) is 0 Å². The van der Waals surface area contributed by atoms with Gasteiger partial charge in [0.1, 0.15) is 17.2 Å². The highest BCUT2D eigenvalue weighted by Gasteiger charge is 2.26. The number of nitrogens with zero attached hydrogens (tertiary/aromatic N) is 4. The quantitative estimate of drug-likeness (QED) is 0.364. The first-order valence-corrected chi connectivity index (χ1v) is 12.6. The van der Waals surface area contributed by atoms with Crippen LogP contribution in [0.5, 0.6) is 11.5 Å². The Labute approximate surface area is 217 Å². The maximum atomic E-state index is 13.9. The van der Waals surface area contributed by atoms with Crippen molar-refractivity contribution in [3.05, 3.63) is 96.2 Å². The van der Waals surface area contributed by atoms with Gasteiger partial charge >= 0.3 is 0 Å². The first kappa shape index (κ1) is 24.6. The van der Waals surface area contributed by atoms with Gasteiger partial charge < -0.3 is 14.4 Å². The van der Waals surface area contributed by atoms with Crippen molar-refractivity contribution >= 4 is 5.91 Å². The van der Waals surface area contributed by atoms with Crippen molar-refractivity contribution in [2.75, 3.05) is 40.4 Å². The van der Waals surface area contributed by atoms with E-state index in [0.717, 1.165) is 43.1 Å². The van der Waals surface area contributed by atoms with Crippen LogP contribution in [-0.2, 0) is 6.54 Å². The van der Waals surface area contributed by atoms with E-state index in [1.54, 1.807) is 18.9 Å². The van der Waals surface area contributed by atoms with Gasteiger partial charge in [0.2, 0.25) is 0 Å². The molecule has 1 saturated heterocycles. The van der Waals surface area contributed by atoms with Crippen LogP contribution in [0.3, 0.4) is 0 Å². The largest absolute Gasteiger partial charge is 0.497 e. The lowest BCUT2D eigenvalue weighted by molar-refractivity contribution is 0.0762. The molecule has 0 radical (unpaired) electrons. The molecule has 37 heavy (non-hydrogen) atoms. The van der Waals surface area contributed by atoms with Crippen LogP contribution in [-0.4, -0.2) is 65.9 Å². The van der Waals surface area contributed by atoms with Gasteiger partial charge in [-0.1, -0.05) is 42.5 Å². The molecule has 1 amide bonds. The second kappa shape index (κ2) is 11.3. The zero-order valence-corrected chi connectivity index (χ0v) is 21.3. The molecular weight excluding hydrogens is 464 g/mol. The highest BCUT2D eigenvalue weighted by molar-refractivity contribution is 6.00. The summed E-state index contributed by atoms with van der Waals surface area (Å²) in [7, 11) is 3.32. The average Bonchev–Trinajstić information content (AvgIpc) is 3.27. The number of para-hydroxylation sites is 2. The third-order valence-corrected chi connectivity index (χ3v) is 6.77. The SMILES string of the molecule is COc1ccc(CN2CCCN(C(=O)c3cn(-c4ccccc4)nc3-c3ccccc3OC)CC2)cc1. The first-order chi connectivity index (χ1) is 18.2. The Hall–Kier alpha value is -4.10. The van der Waals surface area contributed by atoms with E-state index in [9.17, 15) is 4.79 Å². The summed E-state index contributed by atoms with van der Waals surface area (Å²) in [5, 5.41) is 4.85. The van der Waals surface area contributed by atoms with Gasteiger partial charge in [0.15, 0.2) is 0 Å². The number of rotatable bonds is 7. The van der Waals surface area contributed by atoms with E-state index in [1.807, 2.05) is 77.8 Å². The molecule has 0 unspecified atom stereocenters. The first-order valence-electron chi connectivity index (χ1n) is 12.6. The van der Waals surface area contributed by atoms with Crippen LogP contribution in [0.25, 0.3) is 16.9 Å². The molecule has 1 aliphatic heterocycles. The van der Waals surface area contributed by atoms with Gasteiger partial charge in [-0.05, 0) is 48.4 Å². The number of benzene rings is 3. The molecule has 1 fully saturated rings. The molecule has 1 aromatic heterocycles. The summed E-state index contributed by atoms with van der Waals surface area (Å²) in [6.07, 6.45) is 2.76. The summed E-state index contributed by atoms with van der Waals surface area (Å²) >= 11 is 0. The van der Waals surface area contributed by atoms with Gasteiger partial charge in [-0.2, -0.15) is 5.10 Å². The molecule has 7 nitrogen and oxygen atoms in total. The minimum Gasteiger partial charge on any atom is -0.497 e. The summed E-state index contributed by atoms with van der Waals surface area (Å²) in [5.74, 6) is 1.55. The fourth-order valence-electron chi connectivity index (χ4n) is 4.77. The Kier molecular flexibility index (Phi) is 7.51. The fraction of sp³-hybridized carbons (Fsp3) is 0.267. The summed E-state index contributed by atoms with van der Waals surface area (Å²) in [4.78, 5) is 18.3. The maximum absolute atomic E-state index is 13.9. The maximum Gasteiger partial charge on any atom is 0.257 e. The van der Waals surface area contributed by atoms with Crippen LogP contribution in [0, 0.1) is 0 Å². The minimum atomic E-state index is -0.00520. The van der Waals surface area contributed by atoms with Crippen LogP contribution in [0.2, 0.25) is 0 Å². The molecule has 190 valence electrons. The molecule has 0 aliphatic carbocycles. The highest BCUT2D eigenvalue weighted by Crippen LogP contribution is 2.32. The standard InChI is InChI=1S/C30H32N4O3/c1-36-25-15-13-23(14-16-25)21-32-17-8-18-33(20-19-32)30(35)27-22-34(24-9-4-3-5-10-24)31-29(27)26-11-6-7-12-28(26)37-2/h3-7,9-16,22H,8,17-21H2,1-2H3. The van der Waals surface area contributed by atoms with Crippen LogP contribution < -0.4 is 9.47 Å². The van der Waals surface area contributed by atoms with E-state index in [4.69, 9.17) is 14.6 Å². The summed E-state index contributed by atoms with van der Waals surface area (Å²) in [5.41, 5.74) is 4.16. The van der Waals surface area contributed by atoms with Crippen molar-refractivity contribution in [2.45, 2.75) is 13.0 Å². The molecule has 2 heterocycles. The van der Waals surface area contributed by atoms with E-state index >= 15 is 0 Å². The van der Waals surface area contributed by atoms with Crippen LogP contribution in [0.1, 0.15) is 22.3 Å². The molecule has 0 atom stereocenters. The smallest absolute Gasteiger partial charge is 0.257 e. The summed E-state index contributed by atoms with van der Waals surface area (Å²) < 4.78 is 12.7. The van der Waals surface area contributed by atoms with Crippen LogP contribution in [0.4, 0.5) is 0 Å². The predicted octanol–water partition coefficient (Wildman–Crippen LogP) is 4.90. The zero-order chi connectivity index (χ0) is 25.6. The Bertz CT molecular complexity index is 1330. The topological polar surface area (TPSA) is 59.8 Å². The number of ether oxygens (including phenoxy) is 2. The minimum absolute atomic E-state index is 0.00520. The Morgan fingerprint density at radius 1 is 0.838 bits per heavy atom. The fourth-order valence-corrected chi connectivity index (χ4v) is 4.77. The molecule has 1 aliphatic rings. The zero-order valence-electron chi connectivity index (χ0n) is 21.3. The summed E-state index contributed by atoms with van der Waals surface area (Å²) in [6, 6.07) is 25.8. The average molecular weight is 497 g/mol. The van der Waals surface area contributed by atoms with E-state index < -0.39 is 0 Å². The van der Waals surface area contributed by atoms with Crippen LogP contribution in [0.15, 0.2) is 85.1 Å². The lowest BCUT2D eigenvalue weighted by atomic mass is 10.1. The van der Waals surface area contributed by atoms with Crippen molar-refractivity contribution in [1.82, 2.24) is 19.6 Å². The van der Waals surface area contributed by atoms with E-state index in [2.05, 4.69) is 17.0 Å². The molecule has 0 bridgehead atoms. The molecule has 7 heteroatoms. The Morgan fingerprint density at radius 2 is 1.59 bits per heavy atom. The number of methoxy groups -OCH3 is 2. The van der Waals surface area contributed by atoms with E-state index in [1.165, 1.54) is 5.56 Å². The number of amides is 1. The second-order valence-corrected chi connectivity index (χ2v) is 9.14. The number of carbonyl (C=O) groups excluding carboxylic acids is 1. The highest BCUT2D eigenvalue weighted by atomic mass is 16.5. The van der Waals surface area contributed by atoms with Gasteiger partial charge in [-0.3, -0.25) is 9.69 Å². The number of aromatic nitrogens is 2. The van der Waals surface area contributed by atoms with Gasteiger partial charge in [0.25, 0.3) is 5.91 Å². The number of hydrogen-bond donors (Lipinski definition) is 0. The molecule has 5 rings (SSSR count). The summed E-state index contributed by atoms with van der Waals surface area (Å²) in [6.45, 7) is 3.98. The van der Waals surface area contributed by atoms with Crippen molar-refractivity contribution < 1.29 is 14.3 Å². The van der Waals surface area contributed by atoms with Gasteiger partial charge in [0.05, 0.1) is 25.5 Å². The van der Waals surface area contributed by atoms with E-state index in [0.29, 0.717) is 30.1 Å². The third-order valence-electron chi connectivity index (χ3n) is 6.77. The molecule has 4 aromatic rings. The number of hydrogen-bond acceptors (Lipinski definition) is 5. The van der Waals surface area contributed by atoms with Crippen molar-refractivity contribution in [3.8, 4) is 28.4 Å². The number of carbonyl (C=O) groups is 1. The normalized spacial score (nSPS) is 14.3. The van der Waals surface area contributed by atoms with Crippen molar-refractivity contribution in [1.29, 1.82) is 0 Å². The monoisotopic (exact) mass is 496 g/mol. The van der Waals surface area contributed by atoms with Gasteiger partial charge in [-0.25, -0.2) is 4.68 Å². The second-order valence-electron chi connectivity index (χ2n) is 9.14. The lowest BCUT2D eigenvalue weighted by Gasteiger charge is -2.22. The third kappa shape index (κ3) is 5.52. The predicted molar refractivity (Wildman–Crippen MR) is 144 cm³/mol. The Morgan fingerprint density at radius 3 is 2.35 bits per heavy atom. The van der Waals surface area contributed by atoms with Gasteiger partial charge in [-0.15, -0.1) is 0 Å². The Balaban J connectivity index is 1.39. The van der Waals surface area contributed by atoms with E-state index in [-0.39, 0.29) is 5.91 Å². The lowest BCUT2D eigenvalue weighted by Crippen LogP contribution is -2.35. The molecule has 3 aromatic carbocycles. The van der Waals surface area contributed by atoms with Crippen molar-refractivity contribution in [3.63, 3.8) is 0 Å². The molecule has 0 N–H and O–H groups in total. The van der Waals surface area contributed by atoms with Crippen LogP contribution >= 0.6 is 0 Å².